The molecule has 1 unspecified atom stereocenters. The monoisotopic (exact) mass is 256 g/mol. The highest BCUT2D eigenvalue weighted by Gasteiger charge is 2.26. The summed E-state index contributed by atoms with van der Waals surface area (Å²) in [6.07, 6.45) is 4.88. The molecule has 0 aromatic rings. The van der Waals surface area contributed by atoms with Gasteiger partial charge in [0.15, 0.2) is 0 Å². The zero-order chi connectivity index (χ0) is 13.6. The standard InChI is InChI=1S/C15H32N2O/c1-5-17(6-2)12-14(18)11-16-13-7-9-15(3,4)10-8-13/h13-14,16,18H,5-12H2,1-4H3. The maximum Gasteiger partial charge on any atom is 0.0791 e. The Kier molecular flexibility index (Phi) is 6.61. The number of nitrogens with zero attached hydrogens (tertiary/aromatic N) is 1. The van der Waals surface area contributed by atoms with Gasteiger partial charge in [-0.25, -0.2) is 0 Å². The van der Waals surface area contributed by atoms with Crippen LogP contribution in [0.25, 0.3) is 0 Å². The topological polar surface area (TPSA) is 35.5 Å². The summed E-state index contributed by atoms with van der Waals surface area (Å²) < 4.78 is 0. The maximum atomic E-state index is 10.0. The third-order valence-corrected chi connectivity index (χ3v) is 4.34. The molecule has 108 valence electrons. The summed E-state index contributed by atoms with van der Waals surface area (Å²) >= 11 is 0. The minimum Gasteiger partial charge on any atom is -0.390 e. The van der Waals surface area contributed by atoms with Gasteiger partial charge in [0, 0.05) is 19.1 Å². The second-order valence-electron chi connectivity index (χ2n) is 6.49. The first-order chi connectivity index (χ1) is 8.46. The molecule has 0 heterocycles. The SMILES string of the molecule is CCN(CC)CC(O)CNC1CCC(C)(C)CC1. The van der Waals surface area contributed by atoms with Crippen molar-refractivity contribution in [1.29, 1.82) is 0 Å². The molecule has 0 saturated heterocycles. The molecule has 1 rings (SSSR count). The van der Waals surface area contributed by atoms with Crippen LogP contribution in [-0.4, -0.2) is 48.3 Å². The largest absolute Gasteiger partial charge is 0.390 e. The molecule has 0 aromatic carbocycles. The fourth-order valence-electron chi connectivity index (χ4n) is 2.75. The zero-order valence-corrected chi connectivity index (χ0v) is 12.7. The van der Waals surface area contributed by atoms with Gasteiger partial charge in [0.25, 0.3) is 0 Å². The number of likely N-dealkylation sites (N-methyl/N-ethyl adjacent to an activating group) is 1. The Bertz CT molecular complexity index is 217. The third kappa shape index (κ3) is 5.68. The Morgan fingerprint density at radius 1 is 1.22 bits per heavy atom. The molecule has 1 fully saturated rings. The number of hydrogen-bond donors (Lipinski definition) is 2. The van der Waals surface area contributed by atoms with Crippen LogP contribution in [0.4, 0.5) is 0 Å². The summed E-state index contributed by atoms with van der Waals surface area (Å²) in [6, 6.07) is 0.615. The second-order valence-corrected chi connectivity index (χ2v) is 6.49. The van der Waals surface area contributed by atoms with Crippen molar-refractivity contribution in [2.24, 2.45) is 5.41 Å². The number of rotatable bonds is 7. The Hall–Kier alpha value is -0.120. The molecule has 0 spiro atoms. The number of aliphatic hydroxyl groups is 1. The van der Waals surface area contributed by atoms with Crippen LogP contribution >= 0.6 is 0 Å². The molecule has 1 aliphatic rings. The first kappa shape index (κ1) is 15.9. The van der Waals surface area contributed by atoms with Crippen molar-refractivity contribution in [1.82, 2.24) is 10.2 Å². The molecule has 1 atom stereocenters. The lowest BCUT2D eigenvalue weighted by atomic mass is 9.75. The van der Waals surface area contributed by atoms with Gasteiger partial charge in [0.05, 0.1) is 6.10 Å². The Balaban J connectivity index is 2.17. The van der Waals surface area contributed by atoms with E-state index in [1.807, 2.05) is 0 Å². The van der Waals surface area contributed by atoms with Crippen LogP contribution in [0.5, 0.6) is 0 Å². The average Bonchev–Trinajstić information content (AvgIpc) is 2.34. The van der Waals surface area contributed by atoms with E-state index in [-0.39, 0.29) is 6.10 Å². The lowest BCUT2D eigenvalue weighted by Gasteiger charge is -2.35. The molecular formula is C15H32N2O. The summed E-state index contributed by atoms with van der Waals surface area (Å²) in [4.78, 5) is 2.27. The predicted octanol–water partition coefficient (Wildman–Crippen LogP) is 2.25. The van der Waals surface area contributed by atoms with Crippen molar-refractivity contribution in [3.8, 4) is 0 Å². The van der Waals surface area contributed by atoms with Crippen LogP contribution in [0.2, 0.25) is 0 Å². The third-order valence-electron chi connectivity index (χ3n) is 4.34. The highest BCUT2D eigenvalue weighted by atomic mass is 16.3. The molecular weight excluding hydrogens is 224 g/mol. The van der Waals surface area contributed by atoms with Crippen LogP contribution in [0.1, 0.15) is 53.4 Å². The van der Waals surface area contributed by atoms with Crippen molar-refractivity contribution in [3.63, 3.8) is 0 Å². The van der Waals surface area contributed by atoms with E-state index in [0.29, 0.717) is 11.5 Å². The fraction of sp³-hybridized carbons (Fsp3) is 1.00. The molecule has 3 nitrogen and oxygen atoms in total. The minimum atomic E-state index is -0.236. The van der Waals surface area contributed by atoms with E-state index < -0.39 is 0 Å². The van der Waals surface area contributed by atoms with E-state index in [9.17, 15) is 5.11 Å². The highest BCUT2D eigenvalue weighted by molar-refractivity contribution is 4.82. The van der Waals surface area contributed by atoms with Crippen molar-refractivity contribution >= 4 is 0 Å². The average molecular weight is 256 g/mol. The first-order valence-electron chi connectivity index (χ1n) is 7.60. The van der Waals surface area contributed by atoms with Gasteiger partial charge < -0.3 is 15.3 Å². The van der Waals surface area contributed by atoms with E-state index in [1.165, 1.54) is 25.7 Å². The summed E-state index contributed by atoms with van der Waals surface area (Å²) in [6.45, 7) is 12.6. The normalized spacial score (nSPS) is 22.3. The Labute approximate surface area is 113 Å². The van der Waals surface area contributed by atoms with Gasteiger partial charge >= 0.3 is 0 Å². The van der Waals surface area contributed by atoms with E-state index in [1.54, 1.807) is 0 Å². The van der Waals surface area contributed by atoms with Gasteiger partial charge in [-0.05, 0) is 44.2 Å². The van der Waals surface area contributed by atoms with E-state index in [0.717, 1.165) is 26.2 Å². The fourth-order valence-corrected chi connectivity index (χ4v) is 2.75. The molecule has 1 saturated carbocycles. The van der Waals surface area contributed by atoms with Crippen molar-refractivity contribution in [3.05, 3.63) is 0 Å². The Morgan fingerprint density at radius 2 is 1.78 bits per heavy atom. The molecule has 3 heteroatoms. The van der Waals surface area contributed by atoms with Crippen molar-refractivity contribution in [2.75, 3.05) is 26.2 Å². The molecule has 0 aromatic heterocycles. The van der Waals surface area contributed by atoms with Crippen LogP contribution in [0, 0.1) is 5.41 Å². The van der Waals surface area contributed by atoms with Gasteiger partial charge in [-0.3, -0.25) is 0 Å². The molecule has 2 N–H and O–H groups in total. The Morgan fingerprint density at radius 3 is 2.28 bits per heavy atom. The molecule has 0 radical (unpaired) electrons. The minimum absolute atomic E-state index is 0.236. The van der Waals surface area contributed by atoms with Gasteiger partial charge in [0.1, 0.15) is 0 Å². The summed E-state index contributed by atoms with van der Waals surface area (Å²) in [5.41, 5.74) is 0.526. The van der Waals surface area contributed by atoms with Crippen LogP contribution in [0.15, 0.2) is 0 Å². The molecule has 18 heavy (non-hydrogen) atoms. The van der Waals surface area contributed by atoms with E-state index in [4.69, 9.17) is 0 Å². The van der Waals surface area contributed by atoms with Gasteiger partial charge in [-0.1, -0.05) is 27.7 Å². The lowest BCUT2D eigenvalue weighted by molar-refractivity contribution is 0.108. The highest BCUT2D eigenvalue weighted by Crippen LogP contribution is 2.34. The molecule has 0 amide bonds. The number of nitrogens with one attached hydrogen (secondary N) is 1. The lowest BCUT2D eigenvalue weighted by Crippen LogP contribution is -2.43. The van der Waals surface area contributed by atoms with Crippen LogP contribution in [0.3, 0.4) is 0 Å². The molecule has 0 bridgehead atoms. The summed E-state index contributed by atoms with van der Waals surface area (Å²) in [5, 5.41) is 13.5. The first-order valence-corrected chi connectivity index (χ1v) is 7.60. The predicted molar refractivity (Wildman–Crippen MR) is 77.8 cm³/mol. The van der Waals surface area contributed by atoms with Gasteiger partial charge in [0.2, 0.25) is 0 Å². The van der Waals surface area contributed by atoms with Crippen molar-refractivity contribution < 1.29 is 5.11 Å². The number of aliphatic hydroxyl groups excluding tert-OH is 1. The van der Waals surface area contributed by atoms with Gasteiger partial charge in [-0.15, -0.1) is 0 Å². The smallest absolute Gasteiger partial charge is 0.0791 e. The summed E-state index contributed by atoms with van der Waals surface area (Å²) in [7, 11) is 0. The van der Waals surface area contributed by atoms with Crippen LogP contribution < -0.4 is 5.32 Å². The second kappa shape index (κ2) is 7.46. The quantitative estimate of drug-likeness (QED) is 0.733. The van der Waals surface area contributed by atoms with E-state index >= 15 is 0 Å². The van der Waals surface area contributed by atoms with Crippen LogP contribution in [-0.2, 0) is 0 Å². The van der Waals surface area contributed by atoms with Gasteiger partial charge in [-0.2, -0.15) is 0 Å². The zero-order valence-electron chi connectivity index (χ0n) is 12.7. The maximum absolute atomic E-state index is 10.0. The van der Waals surface area contributed by atoms with Crippen molar-refractivity contribution in [2.45, 2.75) is 65.5 Å². The van der Waals surface area contributed by atoms with E-state index in [2.05, 4.69) is 37.9 Å². The molecule has 0 aliphatic heterocycles. The molecule has 1 aliphatic carbocycles. The number of hydrogen-bond acceptors (Lipinski definition) is 3. The summed E-state index contributed by atoms with van der Waals surface area (Å²) in [5.74, 6) is 0.